The summed E-state index contributed by atoms with van der Waals surface area (Å²) in [6.07, 6.45) is 6.22. The summed E-state index contributed by atoms with van der Waals surface area (Å²) < 4.78 is 29.3. The van der Waals surface area contributed by atoms with E-state index in [1.165, 1.54) is 12.1 Å². The molecule has 2 aliphatic carbocycles. The lowest BCUT2D eigenvalue weighted by atomic mass is 9.99. The molecule has 6 rings (SSSR count). The fraction of sp³-hybridized carbons (Fsp3) is 0.323. The fourth-order valence-electron chi connectivity index (χ4n) is 5.41. The molecule has 8 heteroatoms. The van der Waals surface area contributed by atoms with Crippen molar-refractivity contribution in [2.24, 2.45) is 11.8 Å². The van der Waals surface area contributed by atoms with E-state index in [0.29, 0.717) is 18.2 Å². The Labute approximate surface area is 228 Å². The Morgan fingerprint density at radius 1 is 1.00 bits per heavy atom. The van der Waals surface area contributed by atoms with E-state index in [0.717, 1.165) is 53.6 Å². The minimum absolute atomic E-state index is 0.0676. The molecule has 0 bridgehead atoms. The Morgan fingerprint density at radius 3 is 2.38 bits per heavy atom. The van der Waals surface area contributed by atoms with Crippen LogP contribution >= 0.6 is 0 Å². The number of pyridine rings is 1. The van der Waals surface area contributed by atoms with Gasteiger partial charge in [0.1, 0.15) is 5.82 Å². The predicted molar refractivity (Wildman–Crippen MR) is 148 cm³/mol. The molecule has 0 amide bonds. The highest BCUT2D eigenvalue weighted by molar-refractivity contribution is 7.91. The van der Waals surface area contributed by atoms with Crippen LogP contribution in [0.15, 0.2) is 81.4 Å². The van der Waals surface area contributed by atoms with Crippen molar-refractivity contribution in [2.45, 2.75) is 61.8 Å². The number of nitrogens with zero attached hydrogens (tertiary/aromatic N) is 3. The zero-order chi connectivity index (χ0) is 27.3. The van der Waals surface area contributed by atoms with E-state index in [1.807, 2.05) is 44.2 Å². The highest BCUT2D eigenvalue weighted by Crippen LogP contribution is 2.45. The van der Waals surface area contributed by atoms with Gasteiger partial charge in [-0.05, 0) is 80.7 Å². The Kier molecular flexibility index (Phi) is 6.38. The van der Waals surface area contributed by atoms with Crippen molar-refractivity contribution < 1.29 is 13.5 Å². The summed E-state index contributed by atoms with van der Waals surface area (Å²) in [6.45, 7) is 3.89. The van der Waals surface area contributed by atoms with Crippen molar-refractivity contribution in [1.82, 2.24) is 14.5 Å². The maximum Gasteiger partial charge on any atom is 0.277 e. The van der Waals surface area contributed by atoms with Crippen LogP contribution in [0.3, 0.4) is 0 Å². The molecular weight excluding hydrogens is 510 g/mol. The van der Waals surface area contributed by atoms with Crippen LogP contribution in [-0.2, 0) is 16.3 Å². The number of aromatic nitrogens is 3. The van der Waals surface area contributed by atoms with Gasteiger partial charge >= 0.3 is 0 Å². The molecule has 1 N–H and O–H groups in total. The Bertz CT molecular complexity index is 1720. The average Bonchev–Trinajstić information content (AvgIpc) is 3.83. The zero-order valence-electron chi connectivity index (χ0n) is 22.0. The number of rotatable bonds is 8. The summed E-state index contributed by atoms with van der Waals surface area (Å²) in [5, 5.41) is 10.9. The quantitative estimate of drug-likeness (QED) is 0.320. The Morgan fingerprint density at radius 2 is 1.74 bits per heavy atom. The van der Waals surface area contributed by atoms with Gasteiger partial charge in [-0.2, -0.15) is 4.98 Å². The van der Waals surface area contributed by atoms with Gasteiger partial charge in [-0.15, -0.1) is 0 Å². The van der Waals surface area contributed by atoms with Gasteiger partial charge < -0.3 is 5.11 Å². The zero-order valence-corrected chi connectivity index (χ0v) is 22.9. The molecule has 2 aromatic heterocycles. The lowest BCUT2D eigenvalue weighted by molar-refractivity contribution is 0.399. The minimum atomic E-state index is -4.35. The van der Waals surface area contributed by atoms with E-state index in [-0.39, 0.29) is 16.9 Å². The van der Waals surface area contributed by atoms with E-state index < -0.39 is 26.2 Å². The van der Waals surface area contributed by atoms with E-state index in [2.05, 4.69) is 16.0 Å². The molecule has 2 saturated carbocycles. The van der Waals surface area contributed by atoms with Crippen molar-refractivity contribution in [2.75, 3.05) is 0 Å². The summed E-state index contributed by atoms with van der Waals surface area (Å²) >= 11 is 0. The topological polar surface area (TPSA) is 102 Å². The van der Waals surface area contributed by atoms with Crippen LogP contribution < -0.4 is 5.56 Å². The number of aromatic hydroxyl groups is 1. The molecule has 39 heavy (non-hydrogen) atoms. The van der Waals surface area contributed by atoms with Crippen molar-refractivity contribution >= 4 is 9.84 Å². The van der Waals surface area contributed by atoms with Crippen LogP contribution in [0, 0.1) is 25.7 Å². The molecule has 200 valence electrons. The summed E-state index contributed by atoms with van der Waals surface area (Å²) in [5.41, 5.74) is 3.85. The summed E-state index contributed by atoms with van der Waals surface area (Å²) in [7, 11) is -4.35. The van der Waals surface area contributed by atoms with Crippen molar-refractivity contribution in [3.05, 3.63) is 99.9 Å². The minimum Gasteiger partial charge on any atom is -0.492 e. The lowest BCUT2D eigenvalue weighted by Gasteiger charge is -2.24. The normalized spacial score (nSPS) is 16.3. The SMILES string of the molecule is Cc1cccc([C@H](C2CC2)n2c(CC3CC3)nc(O)c(S(=O)(=O)c3ccc(-c4cccnc4C)cc3)c2=O)c1. The highest BCUT2D eigenvalue weighted by Gasteiger charge is 2.39. The third-order valence-corrected chi connectivity index (χ3v) is 9.57. The first-order valence-corrected chi connectivity index (χ1v) is 14.9. The van der Waals surface area contributed by atoms with Crippen LogP contribution in [0.2, 0.25) is 0 Å². The standard InChI is InChI=1S/C31H31N3O4S/c1-19-5-3-6-24(17-19)28(23-10-11-23)34-27(18-21-8-9-21)33-30(35)29(31(34)36)39(37,38)25-14-12-22(13-15-25)26-7-4-16-32-20(26)2/h3-7,12-17,21,23,28,35H,8-11,18H2,1-2H3/t28-/m0/s1. The molecule has 0 saturated heterocycles. The summed E-state index contributed by atoms with van der Waals surface area (Å²) in [5.74, 6) is 0.342. The maximum atomic E-state index is 14.2. The molecule has 2 aromatic carbocycles. The van der Waals surface area contributed by atoms with Crippen molar-refractivity contribution in [1.29, 1.82) is 0 Å². The van der Waals surface area contributed by atoms with Crippen molar-refractivity contribution in [3.8, 4) is 17.0 Å². The lowest BCUT2D eigenvalue weighted by Crippen LogP contribution is -2.34. The largest absolute Gasteiger partial charge is 0.492 e. The summed E-state index contributed by atoms with van der Waals surface area (Å²) in [4.78, 5) is 22.1. The van der Waals surface area contributed by atoms with Gasteiger partial charge in [0.15, 0.2) is 4.90 Å². The van der Waals surface area contributed by atoms with Crippen LogP contribution in [0.4, 0.5) is 0 Å². The van der Waals surface area contributed by atoms with E-state index in [1.54, 1.807) is 22.9 Å². The third kappa shape index (κ3) is 4.89. The van der Waals surface area contributed by atoms with Gasteiger partial charge in [0.05, 0.1) is 10.9 Å². The third-order valence-electron chi connectivity index (χ3n) is 7.78. The molecule has 0 radical (unpaired) electrons. The van der Waals surface area contributed by atoms with E-state index in [4.69, 9.17) is 0 Å². The van der Waals surface area contributed by atoms with Gasteiger partial charge in [-0.1, -0.05) is 48.0 Å². The van der Waals surface area contributed by atoms with Gasteiger partial charge in [-0.25, -0.2) is 8.42 Å². The first-order chi connectivity index (χ1) is 18.7. The van der Waals surface area contributed by atoms with Crippen LogP contribution in [0.5, 0.6) is 5.88 Å². The number of aryl methyl sites for hydroxylation is 2. The van der Waals surface area contributed by atoms with E-state index >= 15 is 0 Å². The van der Waals surface area contributed by atoms with Gasteiger partial charge in [0.25, 0.3) is 5.56 Å². The maximum absolute atomic E-state index is 14.2. The monoisotopic (exact) mass is 541 g/mol. The molecule has 2 fully saturated rings. The summed E-state index contributed by atoms with van der Waals surface area (Å²) in [6, 6.07) is 17.8. The second-order valence-electron chi connectivity index (χ2n) is 10.9. The highest BCUT2D eigenvalue weighted by atomic mass is 32.2. The average molecular weight is 542 g/mol. The number of hydrogen-bond acceptors (Lipinski definition) is 6. The molecule has 0 aliphatic heterocycles. The number of benzene rings is 2. The van der Waals surface area contributed by atoms with E-state index in [9.17, 15) is 18.3 Å². The molecule has 0 unspecified atom stereocenters. The number of hydrogen-bond donors (Lipinski definition) is 1. The molecule has 1 atom stereocenters. The van der Waals surface area contributed by atoms with Crippen LogP contribution in [-0.4, -0.2) is 28.1 Å². The second-order valence-corrected chi connectivity index (χ2v) is 12.8. The molecule has 2 aliphatic rings. The van der Waals surface area contributed by atoms with Crippen LogP contribution in [0.25, 0.3) is 11.1 Å². The molecule has 2 heterocycles. The number of sulfone groups is 1. The molecular formula is C31H31N3O4S. The molecule has 0 spiro atoms. The van der Waals surface area contributed by atoms with Gasteiger partial charge in [0, 0.05) is 23.9 Å². The predicted octanol–water partition coefficient (Wildman–Crippen LogP) is 5.41. The van der Waals surface area contributed by atoms with Crippen LogP contribution in [0.1, 0.15) is 54.4 Å². The molecule has 4 aromatic rings. The Balaban J connectivity index is 1.49. The Hall–Kier alpha value is -3.78. The van der Waals surface area contributed by atoms with Gasteiger partial charge in [-0.3, -0.25) is 14.3 Å². The fourth-order valence-corrected chi connectivity index (χ4v) is 6.76. The molecule has 7 nitrogen and oxygen atoms in total. The smallest absolute Gasteiger partial charge is 0.277 e. The van der Waals surface area contributed by atoms with Gasteiger partial charge in [0.2, 0.25) is 15.7 Å². The second kappa shape index (κ2) is 9.75. The van der Waals surface area contributed by atoms with Crippen molar-refractivity contribution in [3.63, 3.8) is 0 Å². The first-order valence-electron chi connectivity index (χ1n) is 13.4. The first kappa shape index (κ1) is 25.5.